The maximum atomic E-state index is 13.1. The molecule has 0 saturated heterocycles. The molecule has 0 fully saturated rings. The molecule has 1 atom stereocenters. The van der Waals surface area contributed by atoms with E-state index in [1.54, 1.807) is 0 Å². The summed E-state index contributed by atoms with van der Waals surface area (Å²) in [6.07, 6.45) is 0. The molecule has 0 heterocycles. The number of benzene rings is 1. The molecule has 0 spiro atoms. The van der Waals surface area contributed by atoms with E-state index in [0.717, 1.165) is 0 Å². The van der Waals surface area contributed by atoms with Crippen LogP contribution in [-0.2, 0) is 4.79 Å². The van der Waals surface area contributed by atoms with E-state index in [1.165, 1.54) is 31.2 Å². The molecule has 1 aromatic carbocycles. The van der Waals surface area contributed by atoms with Gasteiger partial charge in [0.1, 0.15) is 6.61 Å². The molecule has 6 heteroatoms. The molecule has 17 heavy (non-hydrogen) atoms. The van der Waals surface area contributed by atoms with Crippen LogP contribution >= 0.6 is 0 Å². The molecule has 0 unspecified atom stereocenters. The molecule has 4 N–H and O–H groups in total. The summed E-state index contributed by atoms with van der Waals surface area (Å²) in [6.45, 7) is 0.0428. The lowest BCUT2D eigenvalue weighted by Crippen LogP contribution is -2.36. The number of halogens is 2. The quantitative estimate of drug-likeness (QED) is 0.746. The zero-order chi connectivity index (χ0) is 13.1. The molecule has 0 aliphatic carbocycles. The number of carbonyl (C=O) groups excluding carboxylic acids is 1. The van der Waals surface area contributed by atoms with Gasteiger partial charge in [-0.3, -0.25) is 4.79 Å². The molecule has 94 valence electrons. The molecule has 1 rings (SSSR count). The van der Waals surface area contributed by atoms with Crippen LogP contribution < -0.4 is 11.1 Å². The van der Waals surface area contributed by atoms with Crippen molar-refractivity contribution in [1.82, 2.24) is 0 Å². The van der Waals surface area contributed by atoms with Crippen molar-refractivity contribution in [3.63, 3.8) is 0 Å². The Balaban J connectivity index is 2.84. The number of carbonyl (C=O) groups is 1. The second-order valence-corrected chi connectivity index (χ2v) is 3.70. The molecule has 1 amide bonds. The number of amides is 1. The lowest BCUT2D eigenvalue weighted by atomic mass is 10.0. The number of aliphatic hydroxyl groups excluding tert-OH is 1. The van der Waals surface area contributed by atoms with Crippen LogP contribution in [0.25, 0.3) is 0 Å². The first kappa shape index (κ1) is 13.5. The third-order valence-electron chi connectivity index (χ3n) is 2.26. The topological polar surface area (TPSA) is 75.4 Å². The second-order valence-electron chi connectivity index (χ2n) is 3.70. The fourth-order valence-electron chi connectivity index (χ4n) is 1.32. The zero-order valence-corrected chi connectivity index (χ0v) is 9.28. The molecule has 0 bridgehead atoms. The summed E-state index contributed by atoms with van der Waals surface area (Å²) in [4.78, 5) is 10.7. The van der Waals surface area contributed by atoms with E-state index in [0.29, 0.717) is 5.69 Å². The van der Waals surface area contributed by atoms with E-state index in [9.17, 15) is 13.6 Å². The van der Waals surface area contributed by atoms with E-state index in [4.69, 9.17) is 10.8 Å². The highest BCUT2D eigenvalue weighted by molar-refractivity contribution is 5.88. The van der Waals surface area contributed by atoms with Gasteiger partial charge in [-0.2, -0.15) is 0 Å². The fourth-order valence-corrected chi connectivity index (χ4v) is 1.32. The molecular weight excluding hydrogens is 230 g/mol. The summed E-state index contributed by atoms with van der Waals surface area (Å²) >= 11 is 0. The average molecular weight is 244 g/mol. The number of hydrogen-bond acceptors (Lipinski definition) is 3. The Kier molecular flexibility index (Phi) is 4.14. The van der Waals surface area contributed by atoms with Crippen LogP contribution in [0.2, 0.25) is 0 Å². The first-order valence-corrected chi connectivity index (χ1v) is 4.98. The molecule has 0 aliphatic rings. The normalized spacial score (nSPS) is 13.2. The highest BCUT2D eigenvalue weighted by Crippen LogP contribution is 2.29. The summed E-state index contributed by atoms with van der Waals surface area (Å²) in [5, 5.41) is 11.0. The van der Waals surface area contributed by atoms with Crippen molar-refractivity contribution < 1.29 is 18.7 Å². The molecule has 0 aliphatic heterocycles. The maximum Gasteiger partial charge on any atom is 0.289 e. The van der Waals surface area contributed by atoms with E-state index in [2.05, 4.69) is 5.32 Å². The molecule has 0 aromatic heterocycles. The summed E-state index contributed by atoms with van der Waals surface area (Å²) in [5.74, 6) is -3.61. The lowest BCUT2D eigenvalue weighted by molar-refractivity contribution is -0.114. The van der Waals surface area contributed by atoms with Gasteiger partial charge in [-0.05, 0) is 17.7 Å². The predicted octanol–water partition coefficient (Wildman–Crippen LogP) is 1.27. The Morgan fingerprint density at radius 1 is 1.47 bits per heavy atom. The Bertz CT molecular complexity index is 393. The lowest BCUT2D eigenvalue weighted by Gasteiger charge is -2.21. The smallest absolute Gasteiger partial charge is 0.289 e. The minimum atomic E-state index is -3.37. The number of hydrogen-bond donors (Lipinski definition) is 3. The Morgan fingerprint density at radius 3 is 2.41 bits per heavy atom. The standard InChI is InChI=1S/C11H14F2N2O2/c1-7(17)15-9-4-2-8(3-5-9)10(14)11(12,13)6-16/h2-5,10,16H,6,14H2,1H3,(H,15,17)/t10-/m1/s1. The van der Waals surface area contributed by atoms with Gasteiger partial charge in [0.2, 0.25) is 5.91 Å². The maximum absolute atomic E-state index is 13.1. The summed E-state index contributed by atoms with van der Waals surface area (Å²) in [7, 11) is 0. The second kappa shape index (κ2) is 5.20. The number of alkyl halides is 2. The Morgan fingerprint density at radius 2 is 2.00 bits per heavy atom. The van der Waals surface area contributed by atoms with Crippen molar-refractivity contribution in [2.24, 2.45) is 5.73 Å². The molecule has 0 saturated carbocycles. The van der Waals surface area contributed by atoms with E-state index in [-0.39, 0.29) is 11.5 Å². The van der Waals surface area contributed by atoms with Crippen LogP contribution in [0.15, 0.2) is 24.3 Å². The van der Waals surface area contributed by atoms with Crippen molar-refractivity contribution in [1.29, 1.82) is 0 Å². The van der Waals surface area contributed by atoms with Crippen LogP contribution in [-0.4, -0.2) is 23.5 Å². The van der Waals surface area contributed by atoms with Crippen LogP contribution in [0.5, 0.6) is 0 Å². The molecule has 1 aromatic rings. The monoisotopic (exact) mass is 244 g/mol. The number of aliphatic hydroxyl groups is 1. The van der Waals surface area contributed by atoms with Crippen molar-refractivity contribution >= 4 is 11.6 Å². The van der Waals surface area contributed by atoms with Gasteiger partial charge in [-0.15, -0.1) is 0 Å². The van der Waals surface area contributed by atoms with Crippen LogP contribution in [0, 0.1) is 0 Å². The first-order valence-electron chi connectivity index (χ1n) is 4.98. The van der Waals surface area contributed by atoms with Gasteiger partial charge in [-0.1, -0.05) is 12.1 Å². The van der Waals surface area contributed by atoms with Gasteiger partial charge in [0.05, 0.1) is 6.04 Å². The van der Waals surface area contributed by atoms with Gasteiger partial charge in [0, 0.05) is 12.6 Å². The molecular formula is C11H14F2N2O2. The van der Waals surface area contributed by atoms with Gasteiger partial charge in [0.15, 0.2) is 0 Å². The number of nitrogens with two attached hydrogens (primary N) is 1. The van der Waals surface area contributed by atoms with Gasteiger partial charge < -0.3 is 16.2 Å². The highest BCUT2D eigenvalue weighted by atomic mass is 19.3. The minimum Gasteiger partial charge on any atom is -0.390 e. The minimum absolute atomic E-state index is 0.193. The molecule has 4 nitrogen and oxygen atoms in total. The van der Waals surface area contributed by atoms with Crippen LogP contribution in [0.1, 0.15) is 18.5 Å². The van der Waals surface area contributed by atoms with Crippen molar-refractivity contribution in [3.8, 4) is 0 Å². The predicted molar refractivity (Wildman–Crippen MR) is 59.7 cm³/mol. The summed E-state index contributed by atoms with van der Waals surface area (Å²) in [6, 6.07) is 4.16. The van der Waals surface area contributed by atoms with Crippen molar-refractivity contribution in [2.45, 2.75) is 18.9 Å². The van der Waals surface area contributed by atoms with E-state index in [1.807, 2.05) is 0 Å². The first-order chi connectivity index (χ1) is 7.86. The molecule has 0 radical (unpaired) electrons. The number of rotatable bonds is 4. The zero-order valence-electron chi connectivity index (χ0n) is 9.28. The number of nitrogens with one attached hydrogen (secondary N) is 1. The number of anilines is 1. The third kappa shape index (κ3) is 3.47. The SMILES string of the molecule is CC(=O)Nc1ccc([C@@H](N)C(F)(F)CO)cc1. The van der Waals surface area contributed by atoms with Crippen LogP contribution in [0.3, 0.4) is 0 Å². The van der Waals surface area contributed by atoms with Crippen LogP contribution in [0.4, 0.5) is 14.5 Å². The Hall–Kier alpha value is -1.53. The van der Waals surface area contributed by atoms with E-state index >= 15 is 0 Å². The third-order valence-corrected chi connectivity index (χ3v) is 2.26. The summed E-state index contributed by atoms with van der Waals surface area (Å²) < 4.78 is 26.2. The fraction of sp³-hybridized carbons (Fsp3) is 0.364. The van der Waals surface area contributed by atoms with E-state index < -0.39 is 18.6 Å². The highest BCUT2D eigenvalue weighted by Gasteiger charge is 2.37. The largest absolute Gasteiger partial charge is 0.390 e. The van der Waals surface area contributed by atoms with Gasteiger partial charge >= 0.3 is 0 Å². The van der Waals surface area contributed by atoms with Gasteiger partial charge in [0.25, 0.3) is 5.92 Å². The van der Waals surface area contributed by atoms with Crippen molar-refractivity contribution in [3.05, 3.63) is 29.8 Å². The van der Waals surface area contributed by atoms with Crippen molar-refractivity contribution in [2.75, 3.05) is 11.9 Å². The summed E-state index contributed by atoms with van der Waals surface area (Å²) in [5.41, 5.74) is 6.03. The Labute approximate surface area is 97.4 Å². The van der Waals surface area contributed by atoms with Gasteiger partial charge in [-0.25, -0.2) is 8.78 Å². The average Bonchev–Trinajstić information content (AvgIpc) is 2.28.